The van der Waals surface area contributed by atoms with Crippen molar-refractivity contribution in [1.29, 1.82) is 0 Å². The molecule has 1 aliphatic rings. The third-order valence-electron chi connectivity index (χ3n) is 4.75. The highest BCUT2D eigenvalue weighted by atomic mass is 35.5. The molecule has 0 radical (unpaired) electrons. The van der Waals surface area contributed by atoms with Gasteiger partial charge in [0.2, 0.25) is 11.8 Å². The number of rotatable bonds is 8. The largest absolute Gasteiger partial charge is 0.495 e. The van der Waals surface area contributed by atoms with E-state index in [4.69, 9.17) is 21.1 Å². The highest BCUT2D eigenvalue weighted by Crippen LogP contribution is 2.40. The molecule has 2 amide bonds. The number of benzene rings is 2. The predicted molar refractivity (Wildman–Crippen MR) is 127 cm³/mol. The van der Waals surface area contributed by atoms with Crippen LogP contribution in [0.2, 0.25) is 5.02 Å². The Morgan fingerprint density at radius 1 is 1.27 bits per heavy atom. The molecule has 2 aromatic carbocycles. The molecular formula is C21H21ClN4O6S. The Balaban J connectivity index is 1.82. The minimum absolute atomic E-state index is 0.0715. The molecule has 1 N–H and O–H groups in total. The number of nitro groups is 1. The summed E-state index contributed by atoms with van der Waals surface area (Å²) < 4.78 is 10.6. The number of carbonyl (C=O) groups is 2. The summed E-state index contributed by atoms with van der Waals surface area (Å²) in [6, 6.07) is 8.98. The fraction of sp³-hybridized carbons (Fsp3) is 0.286. The minimum atomic E-state index is -0.730. The number of hydrogen-bond acceptors (Lipinski definition) is 8. The Bertz CT molecular complexity index is 1130. The first-order valence-electron chi connectivity index (χ1n) is 9.80. The Kier molecular flexibility index (Phi) is 7.77. The highest BCUT2D eigenvalue weighted by Gasteiger charge is 2.38. The van der Waals surface area contributed by atoms with Gasteiger partial charge in [-0.2, -0.15) is 0 Å². The van der Waals surface area contributed by atoms with E-state index in [2.05, 4.69) is 10.3 Å². The highest BCUT2D eigenvalue weighted by molar-refractivity contribution is 8.15. The number of methoxy groups -OCH3 is 2. The number of nitrogens with one attached hydrogen (secondary N) is 1. The summed E-state index contributed by atoms with van der Waals surface area (Å²) in [7, 11) is 2.95. The molecule has 1 heterocycles. The zero-order valence-electron chi connectivity index (χ0n) is 18.0. The summed E-state index contributed by atoms with van der Waals surface area (Å²) in [6.45, 7) is 2.14. The van der Waals surface area contributed by atoms with Crippen LogP contribution in [0.3, 0.4) is 0 Å². The van der Waals surface area contributed by atoms with E-state index >= 15 is 0 Å². The lowest BCUT2D eigenvalue weighted by Crippen LogP contribution is -2.33. The van der Waals surface area contributed by atoms with E-state index in [1.165, 1.54) is 37.3 Å². The van der Waals surface area contributed by atoms with Crippen molar-refractivity contribution in [3.05, 3.63) is 51.5 Å². The molecule has 0 spiro atoms. The van der Waals surface area contributed by atoms with E-state index in [1.54, 1.807) is 25.1 Å². The number of hydrogen-bond donors (Lipinski definition) is 1. The van der Waals surface area contributed by atoms with Crippen LogP contribution in [0.25, 0.3) is 0 Å². The van der Waals surface area contributed by atoms with Gasteiger partial charge in [0.1, 0.15) is 28.1 Å². The van der Waals surface area contributed by atoms with Crippen LogP contribution in [-0.4, -0.2) is 52.8 Å². The number of amides is 2. The van der Waals surface area contributed by atoms with Crippen molar-refractivity contribution in [3.8, 4) is 11.5 Å². The van der Waals surface area contributed by atoms with Gasteiger partial charge in [0.15, 0.2) is 5.17 Å². The molecule has 2 aromatic rings. The molecule has 12 heteroatoms. The fourth-order valence-corrected chi connectivity index (χ4v) is 4.60. The van der Waals surface area contributed by atoms with Gasteiger partial charge in [-0.15, -0.1) is 0 Å². The molecule has 10 nitrogen and oxygen atoms in total. The normalized spacial score (nSPS) is 16.7. The molecule has 1 fully saturated rings. The lowest BCUT2D eigenvalue weighted by Gasteiger charge is -2.14. The van der Waals surface area contributed by atoms with Gasteiger partial charge in [0.05, 0.1) is 24.2 Å². The summed E-state index contributed by atoms with van der Waals surface area (Å²) in [5.41, 5.74) is 0.261. The van der Waals surface area contributed by atoms with Crippen molar-refractivity contribution < 1.29 is 24.0 Å². The van der Waals surface area contributed by atoms with Gasteiger partial charge >= 0.3 is 0 Å². The van der Waals surface area contributed by atoms with Crippen molar-refractivity contribution in [1.82, 2.24) is 4.90 Å². The van der Waals surface area contributed by atoms with Gasteiger partial charge in [-0.05, 0) is 13.0 Å². The second kappa shape index (κ2) is 10.5. The molecule has 1 atom stereocenters. The molecular weight excluding hydrogens is 472 g/mol. The summed E-state index contributed by atoms with van der Waals surface area (Å²) >= 11 is 7.28. The van der Waals surface area contributed by atoms with E-state index in [-0.39, 0.29) is 23.7 Å². The van der Waals surface area contributed by atoms with Gasteiger partial charge in [-0.1, -0.05) is 35.5 Å². The quantitative estimate of drug-likeness (QED) is 0.431. The second-order valence-electron chi connectivity index (χ2n) is 6.77. The van der Waals surface area contributed by atoms with Gasteiger partial charge in [0, 0.05) is 31.2 Å². The molecule has 0 saturated carbocycles. The Morgan fingerprint density at radius 2 is 1.97 bits per heavy atom. The van der Waals surface area contributed by atoms with Crippen molar-refractivity contribution in [2.24, 2.45) is 4.99 Å². The second-order valence-corrected chi connectivity index (χ2v) is 8.35. The van der Waals surface area contributed by atoms with Crippen LogP contribution in [0.15, 0.2) is 41.4 Å². The molecule has 3 rings (SSSR count). The number of ether oxygens (including phenoxy) is 2. The first-order chi connectivity index (χ1) is 15.8. The smallest absolute Gasteiger partial charge is 0.292 e. The fourth-order valence-electron chi connectivity index (χ4n) is 3.16. The zero-order chi connectivity index (χ0) is 24.1. The van der Waals surface area contributed by atoms with Gasteiger partial charge < -0.3 is 14.8 Å². The molecule has 0 aliphatic carbocycles. The Morgan fingerprint density at radius 3 is 2.61 bits per heavy atom. The first-order valence-corrected chi connectivity index (χ1v) is 11.1. The van der Waals surface area contributed by atoms with Crippen LogP contribution in [0.1, 0.15) is 13.3 Å². The van der Waals surface area contributed by atoms with Crippen LogP contribution in [-0.2, 0) is 9.59 Å². The SMILES string of the molecule is CCN1C(=O)[C@H](CC(=O)Nc2ccccc2[N+](=O)[O-])SC1=Nc1cc(OC)c(Cl)cc1OC. The van der Waals surface area contributed by atoms with Crippen LogP contribution < -0.4 is 14.8 Å². The van der Waals surface area contributed by atoms with Gasteiger partial charge in [-0.3, -0.25) is 24.6 Å². The van der Waals surface area contributed by atoms with Crippen LogP contribution in [0.4, 0.5) is 17.1 Å². The number of nitrogens with zero attached hydrogens (tertiary/aromatic N) is 3. The van der Waals surface area contributed by atoms with Crippen LogP contribution in [0.5, 0.6) is 11.5 Å². The number of carbonyl (C=O) groups excluding carboxylic acids is 2. The third kappa shape index (κ3) is 5.37. The number of para-hydroxylation sites is 2. The molecule has 174 valence electrons. The van der Waals surface area contributed by atoms with Crippen molar-refractivity contribution in [2.75, 3.05) is 26.1 Å². The maximum absolute atomic E-state index is 12.9. The topological polar surface area (TPSA) is 123 Å². The Labute approximate surface area is 199 Å². The van der Waals surface area contributed by atoms with Crippen molar-refractivity contribution >= 4 is 57.4 Å². The van der Waals surface area contributed by atoms with Crippen molar-refractivity contribution in [2.45, 2.75) is 18.6 Å². The summed E-state index contributed by atoms with van der Waals surface area (Å²) in [5, 5.41) is 13.7. The number of thioether (sulfide) groups is 1. The van der Waals surface area contributed by atoms with Gasteiger partial charge in [-0.25, -0.2) is 4.99 Å². The maximum atomic E-state index is 12.9. The van der Waals surface area contributed by atoms with E-state index in [1.807, 2.05) is 0 Å². The maximum Gasteiger partial charge on any atom is 0.292 e. The predicted octanol–water partition coefficient (Wildman–Crippen LogP) is 4.25. The Hall–Kier alpha value is -3.31. The molecule has 1 saturated heterocycles. The average Bonchev–Trinajstić information content (AvgIpc) is 3.08. The number of aliphatic imine (C=N–C) groups is 1. The van der Waals surface area contributed by atoms with E-state index in [0.717, 1.165) is 11.8 Å². The molecule has 0 aromatic heterocycles. The summed E-state index contributed by atoms with van der Waals surface area (Å²) in [5.74, 6) is 0.00149. The third-order valence-corrected chi connectivity index (χ3v) is 6.22. The summed E-state index contributed by atoms with van der Waals surface area (Å²) in [6.07, 6.45) is -0.174. The number of halogens is 1. The number of nitro benzene ring substituents is 1. The average molecular weight is 493 g/mol. The standard InChI is InChI=1S/C21H21ClN4O6S/c1-4-25-20(28)18(11-19(27)23-13-7-5-6-8-15(13)26(29)30)33-21(25)24-14-10-16(31-2)12(22)9-17(14)32-3/h5-10,18H,4,11H2,1-3H3,(H,23,27)/t18-/m0/s1. The van der Waals surface area contributed by atoms with E-state index in [9.17, 15) is 19.7 Å². The lowest BCUT2D eigenvalue weighted by molar-refractivity contribution is -0.383. The lowest BCUT2D eigenvalue weighted by atomic mass is 10.2. The summed E-state index contributed by atoms with van der Waals surface area (Å²) in [4.78, 5) is 42.1. The minimum Gasteiger partial charge on any atom is -0.495 e. The van der Waals surface area contributed by atoms with Crippen LogP contribution >= 0.6 is 23.4 Å². The van der Waals surface area contributed by atoms with Crippen molar-refractivity contribution in [3.63, 3.8) is 0 Å². The van der Waals surface area contributed by atoms with E-state index in [0.29, 0.717) is 33.9 Å². The molecule has 33 heavy (non-hydrogen) atoms. The number of amidine groups is 1. The molecule has 1 aliphatic heterocycles. The number of anilines is 1. The zero-order valence-corrected chi connectivity index (χ0v) is 19.6. The van der Waals surface area contributed by atoms with E-state index < -0.39 is 16.1 Å². The first kappa shape index (κ1) is 24.3. The van der Waals surface area contributed by atoms with Crippen LogP contribution in [0, 0.1) is 10.1 Å². The molecule has 0 bridgehead atoms. The monoisotopic (exact) mass is 492 g/mol. The van der Waals surface area contributed by atoms with Gasteiger partial charge in [0.25, 0.3) is 5.69 Å². The molecule has 0 unspecified atom stereocenters.